The van der Waals surface area contributed by atoms with Gasteiger partial charge in [0, 0.05) is 17.8 Å². The third-order valence-corrected chi connectivity index (χ3v) is 6.89. The molecule has 0 unspecified atom stereocenters. The predicted molar refractivity (Wildman–Crippen MR) is 149 cm³/mol. The Kier molecular flexibility index (Phi) is 9.08. The Morgan fingerprint density at radius 2 is 1.62 bits per heavy atom. The van der Waals surface area contributed by atoms with Gasteiger partial charge in [-0.15, -0.1) is 0 Å². The van der Waals surface area contributed by atoms with Gasteiger partial charge in [0.05, 0.1) is 49.7 Å². The van der Waals surface area contributed by atoms with E-state index in [1.807, 2.05) is 52.0 Å². The number of hydrogen-bond donors (Lipinski definition) is 0. The van der Waals surface area contributed by atoms with Crippen molar-refractivity contribution >= 4 is 23.4 Å². The maximum absolute atomic E-state index is 13.9. The molecule has 3 aromatic rings. The molecule has 0 amide bonds. The van der Waals surface area contributed by atoms with Crippen LogP contribution < -0.4 is 33.8 Å². The van der Waals surface area contributed by atoms with Crippen LogP contribution >= 0.6 is 11.3 Å². The number of fused-ring (bicyclic) bond motifs is 1. The van der Waals surface area contributed by atoms with E-state index in [0.717, 1.165) is 5.56 Å². The van der Waals surface area contributed by atoms with Crippen molar-refractivity contribution in [1.29, 1.82) is 0 Å². The van der Waals surface area contributed by atoms with Crippen molar-refractivity contribution < 1.29 is 28.5 Å². The molecule has 206 valence electrons. The fourth-order valence-electron chi connectivity index (χ4n) is 4.30. The zero-order valence-corrected chi connectivity index (χ0v) is 23.5. The first-order valence-corrected chi connectivity index (χ1v) is 13.7. The van der Waals surface area contributed by atoms with Gasteiger partial charge in [-0.3, -0.25) is 9.36 Å². The van der Waals surface area contributed by atoms with Gasteiger partial charge in [0.25, 0.3) is 5.56 Å². The minimum absolute atomic E-state index is 0.235. The number of carbonyl (C=O) groups excluding carboxylic acids is 1. The van der Waals surface area contributed by atoms with E-state index in [1.165, 1.54) is 29.2 Å². The highest BCUT2D eigenvalue weighted by molar-refractivity contribution is 7.07. The van der Waals surface area contributed by atoms with Gasteiger partial charge in [-0.05, 0) is 63.6 Å². The van der Waals surface area contributed by atoms with Crippen LogP contribution in [0.15, 0.2) is 58.0 Å². The maximum atomic E-state index is 13.9. The fourth-order valence-corrected chi connectivity index (χ4v) is 5.26. The number of carbonyl (C=O) groups is 1. The van der Waals surface area contributed by atoms with Crippen LogP contribution in [-0.2, 0) is 9.53 Å². The number of nitrogens with zero attached hydrogens (tertiary/aromatic N) is 2. The zero-order valence-electron chi connectivity index (χ0n) is 22.7. The third kappa shape index (κ3) is 5.85. The molecule has 9 nitrogen and oxygen atoms in total. The molecule has 10 heteroatoms. The van der Waals surface area contributed by atoms with E-state index in [9.17, 15) is 9.59 Å². The molecule has 2 heterocycles. The smallest absolute Gasteiger partial charge is 0.337 e. The molecule has 39 heavy (non-hydrogen) atoms. The van der Waals surface area contributed by atoms with Crippen LogP contribution in [0.1, 0.15) is 44.9 Å². The summed E-state index contributed by atoms with van der Waals surface area (Å²) < 4.78 is 29.9. The summed E-state index contributed by atoms with van der Waals surface area (Å²) in [5, 5.41) is 0. The summed E-state index contributed by atoms with van der Waals surface area (Å²) in [5.41, 5.74) is 1.34. The molecule has 0 saturated carbocycles. The molecular formula is C29H32N2O7S. The number of aromatic nitrogens is 1. The highest BCUT2D eigenvalue weighted by atomic mass is 32.1. The van der Waals surface area contributed by atoms with Crippen LogP contribution in [0.3, 0.4) is 0 Å². The van der Waals surface area contributed by atoms with Gasteiger partial charge in [-0.1, -0.05) is 17.4 Å². The number of hydrogen-bond acceptors (Lipinski definition) is 9. The second-order valence-corrected chi connectivity index (χ2v) is 9.32. The molecule has 0 bridgehead atoms. The number of benzene rings is 2. The number of esters is 1. The zero-order chi connectivity index (χ0) is 27.9. The lowest BCUT2D eigenvalue weighted by Gasteiger charge is -2.23. The second-order valence-electron chi connectivity index (χ2n) is 8.31. The number of rotatable bonds is 11. The molecule has 1 aliphatic rings. The summed E-state index contributed by atoms with van der Waals surface area (Å²) in [4.78, 5) is 31.5. The normalized spacial score (nSPS) is 14.6. The Balaban J connectivity index is 1.89. The number of ether oxygens (including phenoxy) is 5. The lowest BCUT2D eigenvalue weighted by molar-refractivity contribution is -0.136. The average molecular weight is 553 g/mol. The molecule has 0 aliphatic carbocycles. The van der Waals surface area contributed by atoms with Crippen molar-refractivity contribution in [1.82, 2.24) is 4.57 Å². The Morgan fingerprint density at radius 3 is 2.31 bits per heavy atom. The molecule has 0 radical (unpaired) electrons. The van der Waals surface area contributed by atoms with E-state index in [4.69, 9.17) is 23.7 Å². The summed E-state index contributed by atoms with van der Waals surface area (Å²) in [6.45, 7) is 9.46. The highest BCUT2D eigenvalue weighted by Gasteiger charge is 2.31. The number of methoxy groups -OCH3 is 1. The van der Waals surface area contributed by atoms with Gasteiger partial charge in [0.1, 0.15) is 11.5 Å². The molecule has 1 aliphatic heterocycles. The van der Waals surface area contributed by atoms with E-state index in [1.54, 1.807) is 18.2 Å². The predicted octanol–water partition coefficient (Wildman–Crippen LogP) is 3.61. The van der Waals surface area contributed by atoms with E-state index in [2.05, 4.69) is 4.99 Å². The Morgan fingerprint density at radius 1 is 0.923 bits per heavy atom. The van der Waals surface area contributed by atoms with Crippen LogP contribution in [0.25, 0.3) is 6.08 Å². The number of thiazole rings is 1. The van der Waals surface area contributed by atoms with Crippen LogP contribution in [0.4, 0.5) is 0 Å². The van der Waals surface area contributed by atoms with E-state index in [-0.39, 0.29) is 11.1 Å². The topological polar surface area (TPSA) is 97.6 Å². The van der Waals surface area contributed by atoms with Gasteiger partial charge in [-0.2, -0.15) is 0 Å². The quantitative estimate of drug-likeness (QED) is 0.335. The molecule has 0 spiro atoms. The SMILES string of the molecule is CCOc1ccc(/C=c2\sc3n(c2=O)[C@@H](c2ccc(OCC)c(OCC)c2)C(C(=O)OC)=CN=3)c(OCC)c1. The molecule has 1 atom stereocenters. The van der Waals surface area contributed by atoms with Crippen molar-refractivity contribution in [2.75, 3.05) is 33.5 Å². The molecule has 4 rings (SSSR count). The summed E-state index contributed by atoms with van der Waals surface area (Å²) in [6.07, 6.45) is 3.23. The minimum atomic E-state index is -0.766. The van der Waals surface area contributed by atoms with Crippen molar-refractivity contribution in [2.45, 2.75) is 33.7 Å². The van der Waals surface area contributed by atoms with Crippen molar-refractivity contribution in [2.24, 2.45) is 4.99 Å². The van der Waals surface area contributed by atoms with Gasteiger partial charge in [-0.25, -0.2) is 9.79 Å². The third-order valence-electron chi connectivity index (χ3n) is 5.89. The van der Waals surface area contributed by atoms with Crippen molar-refractivity contribution in [3.8, 4) is 23.0 Å². The average Bonchev–Trinajstić information content (AvgIpc) is 3.25. The Labute approximate surface area is 230 Å². The maximum Gasteiger partial charge on any atom is 0.337 e. The fraction of sp³-hybridized carbons (Fsp3) is 0.345. The molecule has 0 saturated heterocycles. The summed E-state index contributed by atoms with van der Waals surface area (Å²) in [7, 11) is 1.30. The second kappa shape index (κ2) is 12.7. The van der Waals surface area contributed by atoms with E-state index < -0.39 is 12.0 Å². The lowest BCUT2D eigenvalue weighted by Crippen LogP contribution is -2.39. The first kappa shape index (κ1) is 28.0. The Bertz CT molecular complexity index is 1550. The van der Waals surface area contributed by atoms with E-state index in [0.29, 0.717) is 64.3 Å². The van der Waals surface area contributed by atoms with Crippen LogP contribution in [-0.4, -0.2) is 44.1 Å². The molecular weight excluding hydrogens is 520 g/mol. The van der Waals surface area contributed by atoms with Crippen LogP contribution in [0, 0.1) is 0 Å². The van der Waals surface area contributed by atoms with Gasteiger partial charge in [0.2, 0.25) is 0 Å². The molecule has 0 fully saturated rings. The molecule has 1 aromatic heterocycles. The Hall–Kier alpha value is -4.05. The summed E-state index contributed by atoms with van der Waals surface area (Å²) in [5.74, 6) is 1.82. The highest BCUT2D eigenvalue weighted by Crippen LogP contribution is 2.35. The van der Waals surface area contributed by atoms with Gasteiger partial charge in [0.15, 0.2) is 16.3 Å². The summed E-state index contributed by atoms with van der Waals surface area (Å²) >= 11 is 1.23. The first-order valence-electron chi connectivity index (χ1n) is 12.8. The molecule has 2 aromatic carbocycles. The lowest BCUT2D eigenvalue weighted by atomic mass is 9.97. The largest absolute Gasteiger partial charge is 0.494 e. The van der Waals surface area contributed by atoms with Crippen LogP contribution in [0.2, 0.25) is 0 Å². The molecule has 0 N–H and O–H groups in total. The monoisotopic (exact) mass is 552 g/mol. The van der Waals surface area contributed by atoms with Crippen molar-refractivity contribution in [3.63, 3.8) is 0 Å². The minimum Gasteiger partial charge on any atom is -0.494 e. The standard InChI is InChI=1S/C29H32N2O7S/c1-6-35-20-12-10-18(23(16-20)37-8-3)15-25-27(32)31-26(21(28(33)34-5)17-30-29(31)39-25)19-11-13-22(36-7-2)24(14-19)38-9-4/h10-17,26H,6-9H2,1-5H3/b25-15-/t26-/m0/s1. The van der Waals surface area contributed by atoms with E-state index >= 15 is 0 Å². The van der Waals surface area contributed by atoms with Crippen molar-refractivity contribution in [3.05, 3.63) is 79.0 Å². The van der Waals surface area contributed by atoms with Gasteiger partial charge >= 0.3 is 5.97 Å². The first-order chi connectivity index (χ1) is 18.9. The summed E-state index contributed by atoms with van der Waals surface area (Å²) in [6, 6.07) is 10.1. The van der Waals surface area contributed by atoms with Gasteiger partial charge < -0.3 is 23.7 Å². The van der Waals surface area contributed by atoms with Crippen LogP contribution in [0.5, 0.6) is 23.0 Å².